The Morgan fingerprint density at radius 1 is 0.248 bits per heavy atom. The number of hydrogen-bond donors (Lipinski definition) is 27. The lowest BCUT2D eigenvalue weighted by Gasteiger charge is -2.43. The van der Waals surface area contributed by atoms with E-state index >= 15 is 0 Å². The Hall–Kier alpha value is -5.16. The summed E-state index contributed by atoms with van der Waals surface area (Å²) >= 11 is 0. The molecule has 0 amide bonds. The number of aliphatic hydroxyl groups is 27. The molecule has 2 bridgehead atoms. The second kappa shape index (κ2) is 49.8. The van der Waals surface area contributed by atoms with E-state index in [0.717, 1.165) is 0 Å². The van der Waals surface area contributed by atoms with Gasteiger partial charge < -0.3 is 209 Å². The van der Waals surface area contributed by atoms with Crippen LogP contribution >= 0.6 is 0 Å². The van der Waals surface area contributed by atoms with E-state index in [9.17, 15) is 138 Å². The predicted molar refractivity (Wildman–Crippen MR) is 350 cm³/mol. The molecule has 1 saturated heterocycles. The van der Waals surface area contributed by atoms with Crippen molar-refractivity contribution >= 4 is 0 Å². The van der Waals surface area contributed by atoms with Crippen molar-refractivity contribution in [2.75, 3.05) is 92.5 Å². The van der Waals surface area contributed by atoms with Gasteiger partial charge in [0.1, 0.15) is 61.0 Å². The minimum Gasteiger partial charge on any atom is -0.506 e. The summed E-state index contributed by atoms with van der Waals surface area (Å²) in [4.78, 5) is 0. The van der Waals surface area contributed by atoms with Gasteiger partial charge in [0.05, 0.1) is 95.6 Å². The smallest absolute Gasteiger partial charge is 0.218 e. The molecule has 0 aromatic rings. The third-order valence-electron chi connectivity index (χ3n) is 14.4. The van der Waals surface area contributed by atoms with Gasteiger partial charge in [-0.3, -0.25) is 0 Å². The number of hydrogen-bond acceptors (Lipinski definition) is 42. The van der Waals surface area contributed by atoms with Crippen molar-refractivity contribution in [2.24, 2.45) is 0 Å². The zero-order chi connectivity index (χ0) is 79.5. The number of fused-ring (bicyclic) bond motifs is 26. The molecular weight excluding hydrogens is 1430 g/mol. The van der Waals surface area contributed by atoms with E-state index in [-0.39, 0.29) is 19.8 Å². The monoisotopic (exact) mass is 1540 g/mol. The highest BCUT2D eigenvalue weighted by molar-refractivity contribution is 5.15. The zero-order valence-corrected chi connectivity index (χ0v) is 59.2. The second-order valence-electron chi connectivity index (χ2n) is 24.8. The second-order valence-corrected chi connectivity index (χ2v) is 24.8. The summed E-state index contributed by atoms with van der Waals surface area (Å²) in [6, 6.07) is 0. The van der Waals surface area contributed by atoms with E-state index < -0.39 is 328 Å². The van der Waals surface area contributed by atoms with E-state index in [0.29, 0.717) is 0 Å². The Bertz CT molecular complexity index is 2610. The largest absolute Gasteiger partial charge is 0.506 e. The predicted octanol–water partition coefficient (Wildman–Crippen LogP) is -2.86. The van der Waals surface area contributed by atoms with Gasteiger partial charge in [0, 0.05) is 78.2 Å². The highest BCUT2D eigenvalue weighted by Gasteiger charge is 2.49. The Labute approximate surface area is 603 Å². The molecule has 0 aromatic carbocycles. The minimum atomic E-state index is -2.90. The quantitative estimate of drug-likeness (QED) is 0.0288. The van der Waals surface area contributed by atoms with Gasteiger partial charge in [0.2, 0.25) is 37.7 Å². The lowest BCUT2D eigenvalue weighted by atomic mass is 9.98. The molecule has 616 valence electrons. The van der Waals surface area contributed by atoms with E-state index in [1.54, 1.807) is 0 Å². The van der Waals surface area contributed by atoms with Crippen LogP contribution in [0.2, 0.25) is 0 Å². The van der Waals surface area contributed by atoms with Gasteiger partial charge in [-0.15, -0.1) is 0 Å². The molecule has 105 heavy (non-hydrogen) atoms. The van der Waals surface area contributed by atoms with E-state index in [1.807, 2.05) is 0 Å². The van der Waals surface area contributed by atoms with Crippen molar-refractivity contribution in [3.8, 4) is 0 Å². The van der Waals surface area contributed by atoms with Crippen LogP contribution in [0.15, 0.2) is 69.1 Å². The van der Waals surface area contributed by atoms with Crippen LogP contribution in [-0.2, 0) is 71.1 Å². The highest BCUT2D eigenvalue weighted by atomic mass is 16.7. The molecule has 0 aliphatic carbocycles. The third-order valence-corrected chi connectivity index (χ3v) is 14.4. The van der Waals surface area contributed by atoms with Gasteiger partial charge in [0.25, 0.3) is 0 Å². The molecule has 3 aliphatic heterocycles. The molecular formula is C63H112O42. The molecule has 3 rings (SSSR count). The first kappa shape index (κ1) is 95.9. The van der Waals surface area contributed by atoms with Crippen molar-refractivity contribution in [1.82, 2.24) is 0 Å². The number of rotatable bonds is 34. The lowest BCUT2D eigenvalue weighted by molar-refractivity contribution is -0.331. The maximum atomic E-state index is 11.7. The fourth-order valence-corrected chi connectivity index (χ4v) is 9.18. The summed E-state index contributed by atoms with van der Waals surface area (Å²) in [6.07, 6.45) is -53.5. The summed E-state index contributed by atoms with van der Waals surface area (Å²) in [6.45, 7) is 2.24. The van der Waals surface area contributed by atoms with Gasteiger partial charge in [-0.05, 0) is 48.5 Å². The normalized spacial score (nSPS) is 35.1. The molecule has 42 nitrogen and oxygen atoms in total. The first-order chi connectivity index (χ1) is 49.2. The van der Waals surface area contributed by atoms with Gasteiger partial charge in [-0.1, -0.05) is 0 Å². The molecule has 24 unspecified atom stereocenters. The summed E-state index contributed by atoms with van der Waals surface area (Å²) in [5, 5.41) is 298. The third kappa shape index (κ3) is 35.0. The molecule has 0 spiro atoms. The van der Waals surface area contributed by atoms with Gasteiger partial charge >= 0.3 is 0 Å². The van der Waals surface area contributed by atoms with Crippen molar-refractivity contribution in [2.45, 2.75) is 235 Å². The van der Waals surface area contributed by atoms with E-state index in [2.05, 4.69) is 0 Å². The summed E-state index contributed by atoms with van der Waals surface area (Å²) in [7, 11) is 0. The Morgan fingerprint density at radius 2 is 0.438 bits per heavy atom. The highest BCUT2D eigenvalue weighted by Crippen LogP contribution is 2.32. The standard InChI is InChI=1S/C63H112O42/c1-28(64)20-91-14-8-35-42(71)50(79)58(86)100-37(10-16-93-22-30(3)66)44(73)52(81)60(88)102-39(12-18-95-24-32(5)68)46(75)54(83)62(90)105-56-41(27-97-26-34(7)70)104-63(55(84)48(56)77)103-40(13-19-96-25-33(6)69)47(76)53(82)61(89)101-38(11-17-94-23-31(4)67)45(74)51(80)59(87)99-36(9-15-92-21-29(2)65)43(72)49(78)57(85)98-35/h28-41,48,55-90H,8-27H2,1-7H3/b49-43+,50-42+,51-45-,52-44+,53-47+,54-46-. The summed E-state index contributed by atoms with van der Waals surface area (Å²) < 4.78 is 82.0. The molecule has 1 fully saturated rings. The molecule has 24 atom stereocenters. The van der Waals surface area contributed by atoms with Crippen molar-refractivity contribution in [3.63, 3.8) is 0 Å². The van der Waals surface area contributed by atoms with Crippen molar-refractivity contribution in [3.05, 3.63) is 69.1 Å². The lowest BCUT2D eigenvalue weighted by Crippen LogP contribution is -2.61. The summed E-state index contributed by atoms with van der Waals surface area (Å²) in [5.41, 5.74) is 0. The fraction of sp³-hybridized carbons (Fsp3) is 0.810. The minimum absolute atomic E-state index is 0.359. The van der Waals surface area contributed by atoms with Crippen LogP contribution in [0.25, 0.3) is 0 Å². The van der Waals surface area contributed by atoms with Crippen LogP contribution in [0.1, 0.15) is 87.0 Å². The first-order valence-corrected chi connectivity index (χ1v) is 33.4. The number of aliphatic hydroxyl groups excluding tert-OH is 27. The van der Waals surface area contributed by atoms with Crippen LogP contribution in [0.3, 0.4) is 0 Å². The van der Waals surface area contributed by atoms with E-state index in [4.69, 9.17) is 71.1 Å². The van der Waals surface area contributed by atoms with Crippen molar-refractivity contribution < 1.29 is 209 Å². The fourth-order valence-electron chi connectivity index (χ4n) is 9.18. The van der Waals surface area contributed by atoms with Crippen LogP contribution in [0, 0.1) is 0 Å². The average Bonchev–Trinajstić information content (AvgIpc) is 0.796. The van der Waals surface area contributed by atoms with Crippen LogP contribution in [0.4, 0.5) is 0 Å². The molecule has 3 heterocycles. The molecule has 0 radical (unpaired) electrons. The zero-order valence-electron chi connectivity index (χ0n) is 59.2. The van der Waals surface area contributed by atoms with Crippen LogP contribution < -0.4 is 0 Å². The topological polar surface area (TPSA) is 685 Å². The van der Waals surface area contributed by atoms with Crippen LogP contribution in [-0.4, -0.2) is 378 Å². The van der Waals surface area contributed by atoms with Gasteiger partial charge in [-0.25, -0.2) is 0 Å². The molecule has 0 saturated carbocycles. The SMILES string of the molecule is CC(O)COCCC1OC(O)/C(O)=C(\O)C(CCOCC(C)O)OC(O)/C(O)=C(\O)C(CCOCC(C)O)OC(O)/C(O)=C(\O)C(CCOCC(C)O)OC(O)/C(O)=C(/O)C(CCOCC(C)O)OC(O)/C(O)=C(\O)C(CCOCC(C)O)OC2OC(COCC(C)O)C(OC(O)/C(O)=C\1O)C(O)C2O. The summed E-state index contributed by atoms with van der Waals surface area (Å²) in [5.74, 6) is -18.7. The Kier molecular flexibility index (Phi) is 45.5. The number of ether oxygens (including phenoxy) is 15. The molecule has 0 aromatic heterocycles. The van der Waals surface area contributed by atoms with E-state index in [1.165, 1.54) is 48.5 Å². The Balaban J connectivity index is 3.21. The molecule has 42 heteroatoms. The Morgan fingerprint density at radius 3 is 0.648 bits per heavy atom. The maximum Gasteiger partial charge on any atom is 0.218 e. The molecule has 27 N–H and O–H groups in total. The van der Waals surface area contributed by atoms with Gasteiger partial charge in [-0.2, -0.15) is 0 Å². The van der Waals surface area contributed by atoms with Gasteiger partial charge in [0.15, 0.2) is 75.4 Å². The maximum absolute atomic E-state index is 11.7. The first-order valence-electron chi connectivity index (χ1n) is 33.4. The van der Waals surface area contributed by atoms with Crippen molar-refractivity contribution in [1.29, 1.82) is 0 Å². The average molecular weight is 1540 g/mol. The molecule has 3 aliphatic rings. The van der Waals surface area contributed by atoms with Crippen LogP contribution in [0.5, 0.6) is 0 Å².